The van der Waals surface area contributed by atoms with Crippen LogP contribution in [0.5, 0.6) is 0 Å². The Balaban J connectivity index is 2.58. The fourth-order valence-corrected chi connectivity index (χ4v) is 2.29. The molecule has 1 N–H and O–H groups in total. The van der Waals surface area contributed by atoms with Crippen molar-refractivity contribution in [1.82, 2.24) is 5.32 Å². The Hall–Kier alpha value is -0.890. The van der Waals surface area contributed by atoms with Crippen LogP contribution < -0.4 is 5.32 Å². The number of alkyl halides is 1. The van der Waals surface area contributed by atoms with Gasteiger partial charge in [0.25, 0.3) is 0 Å². The molecule has 0 aromatic heterocycles. The Morgan fingerprint density at radius 2 is 2.21 bits per heavy atom. The number of hydrogen-bond donors (Lipinski definition) is 1. The first-order valence-electron chi connectivity index (χ1n) is 5.10. The first kappa shape index (κ1) is 9.66. The van der Waals surface area contributed by atoms with Crippen molar-refractivity contribution in [2.75, 3.05) is 6.54 Å². The molecule has 1 heterocycles. The van der Waals surface area contributed by atoms with Crippen LogP contribution >= 0.6 is 0 Å². The normalized spacial score (nSPS) is 26.8. The zero-order valence-corrected chi connectivity index (χ0v) is 8.73. The zero-order chi connectivity index (χ0) is 10.2. The van der Waals surface area contributed by atoms with E-state index in [0.717, 1.165) is 29.8 Å². The first-order valence-corrected chi connectivity index (χ1v) is 5.10. The molecular formula is C12H16FN. The van der Waals surface area contributed by atoms with E-state index in [1.165, 1.54) is 0 Å². The second-order valence-electron chi connectivity index (χ2n) is 4.23. The van der Waals surface area contributed by atoms with Crippen molar-refractivity contribution in [3.63, 3.8) is 0 Å². The minimum absolute atomic E-state index is 0.560. The van der Waals surface area contributed by atoms with Crippen molar-refractivity contribution in [2.24, 2.45) is 0 Å². The third-order valence-corrected chi connectivity index (χ3v) is 2.97. The molecule has 1 aromatic carbocycles. The molecule has 2 heteroatoms. The number of rotatable bonds is 0. The summed E-state index contributed by atoms with van der Waals surface area (Å²) in [5, 5.41) is 3.25. The van der Waals surface area contributed by atoms with E-state index in [4.69, 9.17) is 0 Å². The summed E-state index contributed by atoms with van der Waals surface area (Å²) in [7, 11) is 0. The molecule has 1 nitrogen and oxygen atoms in total. The van der Waals surface area contributed by atoms with E-state index in [1.54, 1.807) is 6.92 Å². The standard InChI is InChI=1S/C12H16FN/c1-9-4-3-5-10-8-14-7-6-12(2,13)11(9)10/h3-5,14H,6-8H2,1-2H3. The lowest BCUT2D eigenvalue weighted by Crippen LogP contribution is -2.19. The molecule has 0 spiro atoms. The van der Waals surface area contributed by atoms with Gasteiger partial charge in [0.05, 0.1) is 0 Å². The van der Waals surface area contributed by atoms with E-state index >= 15 is 0 Å². The van der Waals surface area contributed by atoms with Crippen LogP contribution in [0.25, 0.3) is 0 Å². The molecule has 0 radical (unpaired) electrons. The molecule has 0 bridgehead atoms. The molecule has 1 atom stereocenters. The Morgan fingerprint density at radius 1 is 1.43 bits per heavy atom. The molecule has 1 aromatic rings. The number of hydrogen-bond acceptors (Lipinski definition) is 1. The maximum atomic E-state index is 14.3. The van der Waals surface area contributed by atoms with Gasteiger partial charge in [0.2, 0.25) is 0 Å². The predicted molar refractivity (Wildman–Crippen MR) is 56.0 cm³/mol. The van der Waals surface area contributed by atoms with Crippen LogP contribution in [0.1, 0.15) is 30.0 Å². The molecule has 1 aliphatic heterocycles. The van der Waals surface area contributed by atoms with Gasteiger partial charge < -0.3 is 5.32 Å². The molecule has 76 valence electrons. The minimum atomic E-state index is -1.18. The molecule has 14 heavy (non-hydrogen) atoms. The Bertz CT molecular complexity index is 344. The fourth-order valence-electron chi connectivity index (χ4n) is 2.29. The van der Waals surface area contributed by atoms with Crippen LogP contribution in [-0.2, 0) is 12.2 Å². The van der Waals surface area contributed by atoms with Crippen molar-refractivity contribution in [2.45, 2.75) is 32.5 Å². The highest BCUT2D eigenvalue weighted by Crippen LogP contribution is 2.35. The largest absolute Gasteiger partial charge is 0.313 e. The minimum Gasteiger partial charge on any atom is -0.313 e. The van der Waals surface area contributed by atoms with Gasteiger partial charge in [0.1, 0.15) is 5.67 Å². The summed E-state index contributed by atoms with van der Waals surface area (Å²) in [5.74, 6) is 0. The number of nitrogens with one attached hydrogen (secondary N) is 1. The van der Waals surface area contributed by atoms with Gasteiger partial charge in [-0.1, -0.05) is 18.2 Å². The summed E-state index contributed by atoms with van der Waals surface area (Å²) in [6.07, 6.45) is 0.560. The van der Waals surface area contributed by atoms with E-state index in [2.05, 4.69) is 5.32 Å². The van der Waals surface area contributed by atoms with Crippen LogP contribution in [-0.4, -0.2) is 6.54 Å². The lowest BCUT2D eigenvalue weighted by atomic mass is 9.88. The van der Waals surface area contributed by atoms with Gasteiger partial charge in [-0.3, -0.25) is 0 Å². The van der Waals surface area contributed by atoms with Crippen molar-refractivity contribution in [3.05, 3.63) is 34.9 Å². The quantitative estimate of drug-likeness (QED) is 0.668. The molecule has 0 fully saturated rings. The molecule has 0 saturated carbocycles. The Morgan fingerprint density at radius 3 is 3.00 bits per heavy atom. The van der Waals surface area contributed by atoms with Gasteiger partial charge in [-0.15, -0.1) is 0 Å². The zero-order valence-electron chi connectivity index (χ0n) is 8.73. The van der Waals surface area contributed by atoms with Gasteiger partial charge in [0.15, 0.2) is 0 Å². The molecule has 0 saturated heterocycles. The van der Waals surface area contributed by atoms with Crippen molar-refractivity contribution < 1.29 is 4.39 Å². The summed E-state index contributed by atoms with van der Waals surface area (Å²) in [5.41, 5.74) is 1.89. The van der Waals surface area contributed by atoms with Gasteiger partial charge in [-0.2, -0.15) is 0 Å². The van der Waals surface area contributed by atoms with E-state index in [0.29, 0.717) is 6.42 Å². The number of fused-ring (bicyclic) bond motifs is 1. The lowest BCUT2D eigenvalue weighted by Gasteiger charge is -2.22. The van der Waals surface area contributed by atoms with E-state index in [-0.39, 0.29) is 0 Å². The molecule has 2 rings (SSSR count). The smallest absolute Gasteiger partial charge is 0.135 e. The second kappa shape index (κ2) is 3.35. The molecule has 1 aliphatic rings. The summed E-state index contributed by atoms with van der Waals surface area (Å²) in [6, 6.07) is 6.00. The van der Waals surface area contributed by atoms with Crippen molar-refractivity contribution >= 4 is 0 Å². The fraction of sp³-hybridized carbons (Fsp3) is 0.500. The Kier molecular flexibility index (Phi) is 2.31. The van der Waals surface area contributed by atoms with E-state index < -0.39 is 5.67 Å². The summed E-state index contributed by atoms with van der Waals surface area (Å²) in [6.45, 7) is 5.21. The van der Waals surface area contributed by atoms with Crippen LogP contribution in [0.15, 0.2) is 18.2 Å². The van der Waals surface area contributed by atoms with Gasteiger partial charge in [0, 0.05) is 6.54 Å². The number of aryl methyl sites for hydroxylation is 1. The lowest BCUT2D eigenvalue weighted by molar-refractivity contribution is 0.179. The van der Waals surface area contributed by atoms with E-state index in [9.17, 15) is 4.39 Å². The van der Waals surface area contributed by atoms with Crippen LogP contribution in [0.3, 0.4) is 0 Å². The summed E-state index contributed by atoms with van der Waals surface area (Å²) in [4.78, 5) is 0. The van der Waals surface area contributed by atoms with Crippen molar-refractivity contribution in [3.8, 4) is 0 Å². The van der Waals surface area contributed by atoms with Crippen molar-refractivity contribution in [1.29, 1.82) is 0 Å². The average Bonchev–Trinajstić information content (AvgIpc) is 2.25. The van der Waals surface area contributed by atoms with E-state index in [1.807, 2.05) is 25.1 Å². The van der Waals surface area contributed by atoms with Crippen LogP contribution in [0.4, 0.5) is 4.39 Å². The van der Waals surface area contributed by atoms with Crippen LogP contribution in [0.2, 0.25) is 0 Å². The molecular weight excluding hydrogens is 177 g/mol. The molecule has 1 unspecified atom stereocenters. The highest BCUT2D eigenvalue weighted by atomic mass is 19.1. The monoisotopic (exact) mass is 193 g/mol. The van der Waals surface area contributed by atoms with Gasteiger partial charge >= 0.3 is 0 Å². The van der Waals surface area contributed by atoms with Gasteiger partial charge in [-0.25, -0.2) is 4.39 Å². The SMILES string of the molecule is Cc1cccc2c1C(C)(F)CCNC2. The molecule has 0 amide bonds. The predicted octanol–water partition coefficient (Wildman–Crippen LogP) is 2.67. The third kappa shape index (κ3) is 1.55. The third-order valence-electron chi connectivity index (χ3n) is 2.97. The first-order chi connectivity index (χ1) is 6.61. The average molecular weight is 193 g/mol. The Labute approximate surface area is 84.3 Å². The molecule has 0 aliphatic carbocycles. The number of halogens is 1. The summed E-state index contributed by atoms with van der Waals surface area (Å²) < 4.78 is 14.3. The maximum Gasteiger partial charge on any atom is 0.135 e. The summed E-state index contributed by atoms with van der Waals surface area (Å²) >= 11 is 0. The van der Waals surface area contributed by atoms with Crippen LogP contribution in [0, 0.1) is 6.92 Å². The topological polar surface area (TPSA) is 12.0 Å². The second-order valence-corrected chi connectivity index (χ2v) is 4.23. The maximum absolute atomic E-state index is 14.3. The van der Waals surface area contributed by atoms with Gasteiger partial charge in [-0.05, 0) is 43.5 Å². The highest BCUT2D eigenvalue weighted by Gasteiger charge is 2.31. The highest BCUT2D eigenvalue weighted by molar-refractivity contribution is 5.39. The number of benzene rings is 1.